The van der Waals surface area contributed by atoms with Crippen molar-refractivity contribution in [2.75, 3.05) is 18.0 Å². The van der Waals surface area contributed by atoms with Crippen LogP contribution in [-0.2, 0) is 0 Å². The fourth-order valence-electron chi connectivity index (χ4n) is 2.18. The molecular formula is C13H18Cl2N2. The van der Waals surface area contributed by atoms with Crippen molar-refractivity contribution in [1.82, 2.24) is 5.32 Å². The maximum Gasteiger partial charge on any atom is 0.0612 e. The van der Waals surface area contributed by atoms with Gasteiger partial charge in [-0.1, -0.05) is 23.2 Å². The van der Waals surface area contributed by atoms with Crippen LogP contribution in [0.4, 0.5) is 5.69 Å². The van der Waals surface area contributed by atoms with Crippen molar-refractivity contribution in [1.29, 1.82) is 0 Å². The Morgan fingerprint density at radius 1 is 1.29 bits per heavy atom. The average molecular weight is 273 g/mol. The topological polar surface area (TPSA) is 15.3 Å². The summed E-state index contributed by atoms with van der Waals surface area (Å²) in [6, 6.07) is 6.30. The summed E-state index contributed by atoms with van der Waals surface area (Å²) in [7, 11) is 0. The summed E-state index contributed by atoms with van der Waals surface area (Å²) in [5.41, 5.74) is 1.26. The third-order valence-electron chi connectivity index (χ3n) is 3.21. The molecule has 1 aromatic rings. The lowest BCUT2D eigenvalue weighted by Crippen LogP contribution is -2.61. The molecule has 1 aliphatic rings. The van der Waals surface area contributed by atoms with Crippen LogP contribution in [0.1, 0.15) is 20.8 Å². The van der Waals surface area contributed by atoms with Crippen molar-refractivity contribution in [3.63, 3.8) is 0 Å². The minimum absolute atomic E-state index is 0.124. The van der Waals surface area contributed by atoms with Crippen LogP contribution in [0.25, 0.3) is 0 Å². The molecule has 0 aliphatic carbocycles. The van der Waals surface area contributed by atoms with E-state index < -0.39 is 0 Å². The van der Waals surface area contributed by atoms with E-state index in [9.17, 15) is 0 Å². The summed E-state index contributed by atoms with van der Waals surface area (Å²) in [6.07, 6.45) is 0. The van der Waals surface area contributed by atoms with Crippen LogP contribution in [0.15, 0.2) is 18.2 Å². The van der Waals surface area contributed by atoms with Crippen LogP contribution >= 0.6 is 23.2 Å². The molecule has 0 saturated carbocycles. The van der Waals surface area contributed by atoms with Crippen LogP contribution in [0.3, 0.4) is 0 Å². The molecule has 1 fully saturated rings. The Balaban J connectivity index is 2.28. The van der Waals surface area contributed by atoms with Gasteiger partial charge in [-0.05, 0) is 39.0 Å². The maximum absolute atomic E-state index is 6.08. The highest BCUT2D eigenvalue weighted by Gasteiger charge is 2.30. The van der Waals surface area contributed by atoms with E-state index in [1.807, 2.05) is 18.2 Å². The van der Waals surface area contributed by atoms with E-state index in [2.05, 4.69) is 31.0 Å². The SMILES string of the molecule is CC1CNC(C)(C)CN1c1ccc(Cl)c(Cl)c1. The molecule has 94 valence electrons. The van der Waals surface area contributed by atoms with Gasteiger partial charge in [-0.2, -0.15) is 0 Å². The first kappa shape index (κ1) is 13.0. The molecule has 2 rings (SSSR count). The predicted molar refractivity (Wildman–Crippen MR) is 75.4 cm³/mol. The zero-order chi connectivity index (χ0) is 12.6. The molecule has 1 heterocycles. The molecule has 1 aliphatic heterocycles. The normalized spacial score (nSPS) is 23.8. The molecule has 2 nitrogen and oxygen atoms in total. The fourth-order valence-corrected chi connectivity index (χ4v) is 2.47. The lowest BCUT2D eigenvalue weighted by molar-refractivity contribution is 0.318. The van der Waals surface area contributed by atoms with Crippen molar-refractivity contribution in [2.24, 2.45) is 0 Å². The summed E-state index contributed by atoms with van der Waals surface area (Å²) in [5.74, 6) is 0. The van der Waals surface area contributed by atoms with Gasteiger partial charge < -0.3 is 10.2 Å². The minimum atomic E-state index is 0.124. The Bertz CT molecular complexity index is 418. The number of anilines is 1. The fraction of sp³-hybridized carbons (Fsp3) is 0.538. The lowest BCUT2D eigenvalue weighted by atomic mass is 9.98. The van der Waals surface area contributed by atoms with Gasteiger partial charge >= 0.3 is 0 Å². The van der Waals surface area contributed by atoms with Gasteiger partial charge in [-0.25, -0.2) is 0 Å². The number of hydrogen-bond donors (Lipinski definition) is 1. The third-order valence-corrected chi connectivity index (χ3v) is 3.95. The monoisotopic (exact) mass is 272 g/mol. The second-order valence-corrected chi connectivity index (χ2v) is 6.15. The summed E-state index contributed by atoms with van der Waals surface area (Å²) < 4.78 is 0. The molecule has 1 atom stereocenters. The number of nitrogens with zero attached hydrogens (tertiary/aromatic N) is 1. The van der Waals surface area contributed by atoms with Crippen molar-refractivity contribution >= 4 is 28.9 Å². The molecule has 17 heavy (non-hydrogen) atoms. The zero-order valence-electron chi connectivity index (χ0n) is 10.4. The molecule has 0 bridgehead atoms. The number of benzene rings is 1. The van der Waals surface area contributed by atoms with Crippen molar-refractivity contribution in [3.8, 4) is 0 Å². The highest BCUT2D eigenvalue weighted by Crippen LogP contribution is 2.30. The smallest absolute Gasteiger partial charge is 0.0612 e. The van der Waals surface area contributed by atoms with Gasteiger partial charge in [0.15, 0.2) is 0 Å². The van der Waals surface area contributed by atoms with E-state index in [0.717, 1.165) is 18.8 Å². The van der Waals surface area contributed by atoms with Crippen molar-refractivity contribution in [2.45, 2.75) is 32.4 Å². The first-order valence-electron chi connectivity index (χ1n) is 5.86. The van der Waals surface area contributed by atoms with Gasteiger partial charge in [-0.15, -0.1) is 0 Å². The standard InChI is InChI=1S/C13H18Cl2N2/c1-9-7-16-13(2,3)8-17(9)10-4-5-11(14)12(15)6-10/h4-6,9,16H,7-8H2,1-3H3. The Morgan fingerprint density at radius 2 is 2.00 bits per heavy atom. The van der Waals surface area contributed by atoms with Crippen LogP contribution in [0.5, 0.6) is 0 Å². The van der Waals surface area contributed by atoms with E-state index in [-0.39, 0.29) is 5.54 Å². The van der Waals surface area contributed by atoms with E-state index >= 15 is 0 Å². The number of halogens is 2. The minimum Gasteiger partial charge on any atom is -0.366 e. The Kier molecular flexibility index (Phi) is 3.58. The molecule has 1 aromatic carbocycles. The molecule has 0 spiro atoms. The molecule has 1 unspecified atom stereocenters. The predicted octanol–water partition coefficient (Wildman–Crippen LogP) is 3.57. The van der Waals surface area contributed by atoms with Crippen LogP contribution in [0.2, 0.25) is 10.0 Å². The number of rotatable bonds is 1. The van der Waals surface area contributed by atoms with Crippen LogP contribution in [-0.4, -0.2) is 24.7 Å². The molecular weight excluding hydrogens is 255 g/mol. The first-order chi connectivity index (χ1) is 7.89. The van der Waals surface area contributed by atoms with Gasteiger partial charge in [-0.3, -0.25) is 0 Å². The summed E-state index contributed by atoms with van der Waals surface area (Å²) in [4.78, 5) is 2.37. The van der Waals surface area contributed by atoms with Crippen LogP contribution in [0, 0.1) is 0 Å². The maximum atomic E-state index is 6.08. The Hall–Kier alpha value is -0.440. The highest BCUT2D eigenvalue weighted by molar-refractivity contribution is 6.42. The highest BCUT2D eigenvalue weighted by atomic mass is 35.5. The van der Waals surface area contributed by atoms with Gasteiger partial charge in [0.2, 0.25) is 0 Å². The van der Waals surface area contributed by atoms with Crippen molar-refractivity contribution in [3.05, 3.63) is 28.2 Å². The average Bonchev–Trinajstić information content (AvgIpc) is 2.26. The quantitative estimate of drug-likeness (QED) is 0.841. The molecule has 1 saturated heterocycles. The van der Waals surface area contributed by atoms with E-state index in [1.165, 1.54) is 0 Å². The van der Waals surface area contributed by atoms with E-state index in [4.69, 9.17) is 23.2 Å². The molecule has 1 N–H and O–H groups in total. The summed E-state index contributed by atoms with van der Waals surface area (Å²) in [6.45, 7) is 8.58. The largest absolute Gasteiger partial charge is 0.366 e. The van der Waals surface area contributed by atoms with Crippen molar-refractivity contribution < 1.29 is 0 Å². The lowest BCUT2D eigenvalue weighted by Gasteiger charge is -2.44. The third kappa shape index (κ3) is 2.87. The second-order valence-electron chi connectivity index (χ2n) is 5.34. The number of hydrogen-bond acceptors (Lipinski definition) is 2. The Labute approximate surface area is 113 Å². The van der Waals surface area contributed by atoms with Gasteiger partial charge in [0.1, 0.15) is 0 Å². The number of nitrogens with one attached hydrogen (secondary N) is 1. The van der Waals surface area contributed by atoms with Gasteiger partial charge in [0.05, 0.1) is 10.0 Å². The second kappa shape index (κ2) is 4.68. The molecule has 0 aromatic heterocycles. The summed E-state index contributed by atoms with van der Waals surface area (Å²) in [5, 5.41) is 4.76. The molecule has 4 heteroatoms. The zero-order valence-corrected chi connectivity index (χ0v) is 11.9. The number of piperazine rings is 1. The van der Waals surface area contributed by atoms with Crippen LogP contribution < -0.4 is 10.2 Å². The van der Waals surface area contributed by atoms with E-state index in [0.29, 0.717) is 16.1 Å². The van der Waals surface area contributed by atoms with Gasteiger partial charge in [0.25, 0.3) is 0 Å². The molecule has 0 radical (unpaired) electrons. The Morgan fingerprint density at radius 3 is 2.65 bits per heavy atom. The first-order valence-corrected chi connectivity index (χ1v) is 6.61. The summed E-state index contributed by atoms with van der Waals surface area (Å²) >= 11 is 12.0. The van der Waals surface area contributed by atoms with E-state index in [1.54, 1.807) is 0 Å². The van der Waals surface area contributed by atoms with Gasteiger partial charge in [0, 0.05) is 30.4 Å². The molecule has 0 amide bonds.